The van der Waals surface area contributed by atoms with Crippen LogP contribution in [0.25, 0.3) is 20.7 Å². The average Bonchev–Trinajstić information content (AvgIpc) is 3.22. The van der Waals surface area contributed by atoms with Crippen LogP contribution in [0, 0.1) is 0 Å². The lowest BCUT2D eigenvalue weighted by atomic mass is 10.2. The lowest BCUT2D eigenvalue weighted by molar-refractivity contribution is -0.903. The van der Waals surface area contributed by atoms with E-state index in [2.05, 4.69) is 9.97 Å². The molecule has 0 fully saturated rings. The number of likely N-dealkylation sites (N-methyl/N-ethyl adjacent to an activating group) is 2. The summed E-state index contributed by atoms with van der Waals surface area (Å²) in [4.78, 5) is 36.5. The van der Waals surface area contributed by atoms with Crippen LogP contribution >= 0.6 is 22.7 Å². The third-order valence-corrected chi connectivity index (χ3v) is 6.10. The number of carbonyl (C=O) groups excluding carboxylic acids is 1. The standard InChI is InChI=1S/C17H20N4O2S2/c1-10(21(4)8-13(22)20(2)3)15-18-16(23)14-11(9-25-17(14)19-15)12-6-5-7-24-12/h5-7,9-10H,8H2,1-4H3,(H,18,19,23)/p+1/t10-/m1/s1. The van der Waals surface area contributed by atoms with E-state index in [1.807, 2.05) is 36.9 Å². The molecule has 0 aromatic carbocycles. The molecule has 132 valence electrons. The molecule has 2 N–H and O–H groups in total. The summed E-state index contributed by atoms with van der Waals surface area (Å²) in [6.45, 7) is 2.32. The number of amides is 1. The van der Waals surface area contributed by atoms with Crippen LogP contribution in [0.4, 0.5) is 0 Å². The minimum absolute atomic E-state index is 0.0453. The second-order valence-corrected chi connectivity index (χ2v) is 8.10. The van der Waals surface area contributed by atoms with Crippen LogP contribution in [0.2, 0.25) is 0 Å². The van der Waals surface area contributed by atoms with Crippen LogP contribution in [0.1, 0.15) is 18.8 Å². The average molecular weight is 378 g/mol. The van der Waals surface area contributed by atoms with Crippen LogP contribution in [0.3, 0.4) is 0 Å². The predicted molar refractivity (Wildman–Crippen MR) is 102 cm³/mol. The highest BCUT2D eigenvalue weighted by atomic mass is 32.1. The molecule has 8 heteroatoms. The maximum absolute atomic E-state index is 12.7. The second kappa shape index (κ2) is 7.07. The SMILES string of the molecule is C[C@H](c1nc2scc(-c3cccs3)c2c(=O)[nH]1)[NH+](C)CC(=O)N(C)C. The summed E-state index contributed by atoms with van der Waals surface area (Å²) >= 11 is 3.09. The second-order valence-electron chi connectivity index (χ2n) is 6.29. The van der Waals surface area contributed by atoms with Crippen LogP contribution in [0.5, 0.6) is 0 Å². The quantitative estimate of drug-likeness (QED) is 0.706. The van der Waals surface area contributed by atoms with Gasteiger partial charge in [-0.05, 0) is 18.4 Å². The van der Waals surface area contributed by atoms with E-state index in [-0.39, 0.29) is 17.5 Å². The number of aromatic nitrogens is 2. The molecule has 6 nitrogen and oxygen atoms in total. The molecule has 3 heterocycles. The van der Waals surface area contributed by atoms with E-state index in [4.69, 9.17) is 0 Å². The summed E-state index contributed by atoms with van der Waals surface area (Å²) in [5, 5.41) is 4.63. The zero-order chi connectivity index (χ0) is 18.1. The van der Waals surface area contributed by atoms with Crippen molar-refractivity contribution in [2.24, 2.45) is 0 Å². The van der Waals surface area contributed by atoms with Crippen molar-refractivity contribution in [1.29, 1.82) is 0 Å². The van der Waals surface area contributed by atoms with Gasteiger partial charge in [0, 0.05) is 29.9 Å². The lowest BCUT2D eigenvalue weighted by Gasteiger charge is -2.21. The lowest BCUT2D eigenvalue weighted by Crippen LogP contribution is -3.10. The Kier molecular flexibility index (Phi) is 5.03. The minimum atomic E-state index is -0.122. The van der Waals surface area contributed by atoms with Gasteiger partial charge in [0.25, 0.3) is 11.5 Å². The fourth-order valence-electron chi connectivity index (χ4n) is 2.57. The van der Waals surface area contributed by atoms with Crippen molar-refractivity contribution in [3.05, 3.63) is 39.1 Å². The molecule has 2 atom stereocenters. The van der Waals surface area contributed by atoms with Crippen LogP contribution in [-0.2, 0) is 4.79 Å². The van der Waals surface area contributed by atoms with Gasteiger partial charge in [0.1, 0.15) is 10.9 Å². The first-order valence-corrected chi connectivity index (χ1v) is 9.72. The molecule has 1 unspecified atom stereocenters. The van der Waals surface area contributed by atoms with Crippen LogP contribution in [-0.4, -0.2) is 48.5 Å². The first kappa shape index (κ1) is 17.8. The van der Waals surface area contributed by atoms with Gasteiger partial charge >= 0.3 is 0 Å². The molecular weight excluding hydrogens is 356 g/mol. The van der Waals surface area contributed by atoms with E-state index in [0.29, 0.717) is 17.8 Å². The number of fused-ring (bicyclic) bond motifs is 1. The van der Waals surface area contributed by atoms with E-state index in [1.54, 1.807) is 30.3 Å². The largest absolute Gasteiger partial charge is 0.344 e. The van der Waals surface area contributed by atoms with Gasteiger partial charge in [-0.1, -0.05) is 6.07 Å². The van der Waals surface area contributed by atoms with Crippen molar-refractivity contribution in [2.75, 3.05) is 27.7 Å². The molecule has 0 aliphatic carbocycles. The molecule has 0 spiro atoms. The van der Waals surface area contributed by atoms with Gasteiger partial charge in [0.05, 0.1) is 12.4 Å². The summed E-state index contributed by atoms with van der Waals surface area (Å²) in [5.41, 5.74) is 0.815. The number of nitrogens with zero attached hydrogens (tertiary/aromatic N) is 2. The summed E-state index contributed by atoms with van der Waals surface area (Å²) < 4.78 is 0. The fourth-order valence-corrected chi connectivity index (χ4v) is 4.34. The molecule has 0 saturated carbocycles. The van der Waals surface area contributed by atoms with Gasteiger partial charge < -0.3 is 14.8 Å². The highest BCUT2D eigenvalue weighted by Gasteiger charge is 2.23. The monoisotopic (exact) mass is 377 g/mol. The van der Waals surface area contributed by atoms with E-state index in [1.165, 1.54) is 11.3 Å². The van der Waals surface area contributed by atoms with Gasteiger partial charge in [-0.3, -0.25) is 9.59 Å². The number of thiophene rings is 2. The Morgan fingerprint density at radius 1 is 1.40 bits per heavy atom. The molecule has 0 bridgehead atoms. The summed E-state index contributed by atoms with van der Waals surface area (Å²) in [7, 11) is 5.41. The Hall–Kier alpha value is -2.03. The number of hydrogen-bond donors (Lipinski definition) is 2. The minimum Gasteiger partial charge on any atom is -0.344 e. The predicted octanol–water partition coefficient (Wildman–Crippen LogP) is 1.38. The maximum Gasteiger partial charge on any atom is 0.277 e. The smallest absolute Gasteiger partial charge is 0.277 e. The van der Waals surface area contributed by atoms with E-state index < -0.39 is 0 Å². The van der Waals surface area contributed by atoms with Crippen LogP contribution < -0.4 is 10.5 Å². The number of aromatic amines is 1. The van der Waals surface area contributed by atoms with E-state index in [0.717, 1.165) is 20.2 Å². The molecule has 0 aliphatic heterocycles. The molecular formula is C17H21N4O2S2+. The van der Waals surface area contributed by atoms with Crippen molar-refractivity contribution < 1.29 is 9.69 Å². The maximum atomic E-state index is 12.7. The summed E-state index contributed by atoms with van der Waals surface area (Å²) in [6, 6.07) is 3.89. The topological polar surface area (TPSA) is 70.5 Å². The van der Waals surface area contributed by atoms with Crippen molar-refractivity contribution >= 4 is 38.8 Å². The molecule has 1 amide bonds. The first-order valence-electron chi connectivity index (χ1n) is 7.96. The third-order valence-electron chi connectivity index (χ3n) is 4.33. The highest BCUT2D eigenvalue weighted by molar-refractivity contribution is 7.18. The number of H-pyrrole nitrogens is 1. The molecule has 0 radical (unpaired) electrons. The van der Waals surface area contributed by atoms with Crippen molar-refractivity contribution in [3.8, 4) is 10.4 Å². The zero-order valence-corrected chi connectivity index (χ0v) is 16.3. The zero-order valence-electron chi connectivity index (χ0n) is 14.6. The van der Waals surface area contributed by atoms with Crippen molar-refractivity contribution in [3.63, 3.8) is 0 Å². The number of rotatable bonds is 5. The number of quaternary nitrogens is 1. The van der Waals surface area contributed by atoms with Crippen molar-refractivity contribution in [1.82, 2.24) is 14.9 Å². The fraction of sp³-hybridized carbons (Fsp3) is 0.353. The molecule has 3 aromatic heterocycles. The number of carbonyl (C=O) groups is 1. The Labute approximate surface area is 153 Å². The van der Waals surface area contributed by atoms with Gasteiger partial charge in [-0.15, -0.1) is 22.7 Å². The Bertz CT molecular complexity index is 943. The number of hydrogen-bond acceptors (Lipinski definition) is 5. The Morgan fingerprint density at radius 2 is 2.16 bits per heavy atom. The van der Waals surface area contributed by atoms with E-state index in [9.17, 15) is 9.59 Å². The Balaban J connectivity index is 1.94. The molecule has 0 aliphatic rings. The summed E-state index contributed by atoms with van der Waals surface area (Å²) in [5.74, 6) is 0.657. The molecule has 3 aromatic rings. The first-order chi connectivity index (χ1) is 11.9. The molecule has 25 heavy (non-hydrogen) atoms. The van der Waals surface area contributed by atoms with Gasteiger partial charge in [0.15, 0.2) is 12.4 Å². The van der Waals surface area contributed by atoms with Gasteiger partial charge in [-0.25, -0.2) is 4.98 Å². The molecule has 0 saturated heterocycles. The Morgan fingerprint density at radius 3 is 2.80 bits per heavy atom. The van der Waals surface area contributed by atoms with Gasteiger partial charge in [0.2, 0.25) is 0 Å². The van der Waals surface area contributed by atoms with Crippen LogP contribution in [0.15, 0.2) is 27.7 Å². The van der Waals surface area contributed by atoms with Gasteiger partial charge in [-0.2, -0.15) is 0 Å². The normalized spacial score (nSPS) is 13.8. The number of nitrogens with one attached hydrogen (secondary N) is 2. The summed E-state index contributed by atoms with van der Waals surface area (Å²) in [6.07, 6.45) is 0. The highest BCUT2D eigenvalue weighted by Crippen LogP contribution is 2.33. The molecule has 3 rings (SSSR count). The third kappa shape index (κ3) is 3.51. The van der Waals surface area contributed by atoms with E-state index >= 15 is 0 Å². The van der Waals surface area contributed by atoms with Crippen molar-refractivity contribution in [2.45, 2.75) is 13.0 Å².